The number of hydrogen-bond donors (Lipinski definition) is 3. The van der Waals surface area contributed by atoms with Gasteiger partial charge in [-0.1, -0.05) is 12.1 Å². The maximum absolute atomic E-state index is 10.4. The van der Waals surface area contributed by atoms with E-state index in [1.54, 1.807) is 18.3 Å². The van der Waals surface area contributed by atoms with E-state index < -0.39 is 0 Å². The predicted molar refractivity (Wildman–Crippen MR) is 73.5 cm³/mol. The lowest BCUT2D eigenvalue weighted by atomic mass is 10.3. The average molecular weight is 247 g/mol. The Balaban J connectivity index is 0.000000184. The van der Waals surface area contributed by atoms with E-state index in [-0.39, 0.29) is 11.2 Å². The highest BCUT2D eigenvalue weighted by Gasteiger charge is 1.93. The summed E-state index contributed by atoms with van der Waals surface area (Å²) < 4.78 is 5.21. The summed E-state index contributed by atoms with van der Waals surface area (Å²) in [6.07, 6.45) is 1.54. The van der Waals surface area contributed by atoms with E-state index in [9.17, 15) is 4.79 Å². The fraction of sp³-hybridized carbons (Fsp3) is 0.154. The first-order chi connectivity index (χ1) is 8.65. The SMILES string of the molecule is CCOc1ccccc1N.Nc1ccc[nH]c1=O. The monoisotopic (exact) mass is 247 g/mol. The topological polar surface area (TPSA) is 94.1 Å². The molecule has 0 aliphatic carbocycles. The Bertz CT molecular complexity index is 538. The Morgan fingerprint density at radius 3 is 2.28 bits per heavy atom. The summed E-state index contributed by atoms with van der Waals surface area (Å²) in [7, 11) is 0. The fourth-order valence-corrected chi connectivity index (χ4v) is 1.20. The summed E-state index contributed by atoms with van der Waals surface area (Å²) in [5, 5.41) is 0. The van der Waals surface area contributed by atoms with E-state index in [0.29, 0.717) is 12.3 Å². The number of pyridine rings is 1. The van der Waals surface area contributed by atoms with Gasteiger partial charge in [0.25, 0.3) is 5.56 Å². The molecule has 18 heavy (non-hydrogen) atoms. The van der Waals surface area contributed by atoms with Gasteiger partial charge in [-0.2, -0.15) is 0 Å². The minimum atomic E-state index is -0.229. The van der Waals surface area contributed by atoms with E-state index in [0.717, 1.165) is 5.75 Å². The number of para-hydroxylation sites is 2. The number of benzene rings is 1. The lowest BCUT2D eigenvalue weighted by Gasteiger charge is -2.04. The summed E-state index contributed by atoms with van der Waals surface area (Å²) in [4.78, 5) is 12.9. The molecule has 0 saturated carbocycles. The molecule has 0 radical (unpaired) electrons. The first kappa shape index (κ1) is 13.6. The van der Waals surface area contributed by atoms with Crippen LogP contribution in [-0.2, 0) is 0 Å². The highest BCUT2D eigenvalue weighted by Crippen LogP contribution is 2.18. The number of nitrogens with two attached hydrogens (primary N) is 2. The minimum absolute atomic E-state index is 0.229. The maximum atomic E-state index is 10.4. The molecular weight excluding hydrogens is 230 g/mol. The number of hydrogen-bond acceptors (Lipinski definition) is 4. The Morgan fingerprint density at radius 1 is 1.11 bits per heavy atom. The van der Waals surface area contributed by atoms with Crippen LogP contribution in [0.15, 0.2) is 47.4 Å². The summed E-state index contributed by atoms with van der Waals surface area (Å²) in [6.45, 7) is 2.60. The number of H-pyrrole nitrogens is 1. The van der Waals surface area contributed by atoms with Crippen LogP contribution >= 0.6 is 0 Å². The van der Waals surface area contributed by atoms with E-state index in [1.165, 1.54) is 0 Å². The molecule has 1 aromatic carbocycles. The van der Waals surface area contributed by atoms with Gasteiger partial charge in [0, 0.05) is 6.20 Å². The van der Waals surface area contributed by atoms with Crippen LogP contribution in [0.4, 0.5) is 11.4 Å². The molecule has 2 aromatic rings. The molecule has 5 nitrogen and oxygen atoms in total. The largest absolute Gasteiger partial charge is 0.492 e. The minimum Gasteiger partial charge on any atom is -0.492 e. The zero-order valence-corrected chi connectivity index (χ0v) is 10.2. The van der Waals surface area contributed by atoms with Gasteiger partial charge in [-0.15, -0.1) is 0 Å². The van der Waals surface area contributed by atoms with Crippen LogP contribution in [0, 0.1) is 0 Å². The van der Waals surface area contributed by atoms with Crippen LogP contribution in [0.1, 0.15) is 6.92 Å². The van der Waals surface area contributed by atoms with Gasteiger partial charge in [0.15, 0.2) is 0 Å². The number of ether oxygens (including phenoxy) is 1. The number of nitrogens with one attached hydrogen (secondary N) is 1. The molecule has 1 heterocycles. The van der Waals surface area contributed by atoms with Gasteiger partial charge < -0.3 is 21.2 Å². The molecule has 0 bridgehead atoms. The van der Waals surface area contributed by atoms with Gasteiger partial charge in [-0.3, -0.25) is 4.79 Å². The summed E-state index contributed by atoms with van der Waals surface area (Å²) in [5.74, 6) is 0.769. The van der Waals surface area contributed by atoms with Crippen LogP contribution in [0.25, 0.3) is 0 Å². The smallest absolute Gasteiger partial charge is 0.271 e. The van der Waals surface area contributed by atoms with Gasteiger partial charge in [-0.25, -0.2) is 0 Å². The van der Waals surface area contributed by atoms with E-state index in [2.05, 4.69) is 4.98 Å². The summed E-state index contributed by atoms with van der Waals surface area (Å²) in [6, 6.07) is 10.7. The first-order valence-corrected chi connectivity index (χ1v) is 5.55. The van der Waals surface area contributed by atoms with Crippen molar-refractivity contribution in [2.45, 2.75) is 6.92 Å². The van der Waals surface area contributed by atoms with Crippen molar-refractivity contribution in [3.8, 4) is 5.75 Å². The van der Waals surface area contributed by atoms with Gasteiger partial charge in [0.1, 0.15) is 5.75 Å². The number of aromatic nitrogens is 1. The van der Waals surface area contributed by atoms with E-state index >= 15 is 0 Å². The molecule has 0 atom stereocenters. The Kier molecular flexibility index (Phi) is 5.31. The summed E-state index contributed by atoms with van der Waals surface area (Å²) >= 11 is 0. The molecule has 0 spiro atoms. The van der Waals surface area contributed by atoms with Crippen LogP contribution in [-0.4, -0.2) is 11.6 Å². The summed E-state index contributed by atoms with van der Waals surface area (Å²) in [5.41, 5.74) is 11.5. The highest BCUT2D eigenvalue weighted by molar-refractivity contribution is 5.51. The molecule has 2 rings (SSSR count). The molecule has 0 saturated heterocycles. The van der Waals surface area contributed by atoms with Crippen molar-refractivity contribution >= 4 is 11.4 Å². The van der Waals surface area contributed by atoms with Crippen molar-refractivity contribution in [2.24, 2.45) is 0 Å². The third-order valence-corrected chi connectivity index (χ3v) is 2.07. The molecule has 0 aliphatic heterocycles. The highest BCUT2D eigenvalue weighted by atomic mass is 16.5. The molecule has 96 valence electrons. The molecular formula is C13H17N3O2. The van der Waals surface area contributed by atoms with Crippen LogP contribution in [0.3, 0.4) is 0 Å². The van der Waals surface area contributed by atoms with Gasteiger partial charge in [0.05, 0.1) is 18.0 Å². The second-order valence-electron chi connectivity index (χ2n) is 3.43. The average Bonchev–Trinajstić information content (AvgIpc) is 2.37. The van der Waals surface area contributed by atoms with Crippen molar-refractivity contribution in [3.63, 3.8) is 0 Å². The van der Waals surface area contributed by atoms with Crippen molar-refractivity contribution in [1.29, 1.82) is 0 Å². The Labute approximate surface area is 105 Å². The third-order valence-electron chi connectivity index (χ3n) is 2.07. The third kappa shape index (κ3) is 4.21. The van der Waals surface area contributed by atoms with Crippen molar-refractivity contribution in [2.75, 3.05) is 18.1 Å². The zero-order chi connectivity index (χ0) is 13.4. The molecule has 5 heteroatoms. The second-order valence-corrected chi connectivity index (χ2v) is 3.43. The zero-order valence-electron chi connectivity index (χ0n) is 10.2. The molecule has 0 aliphatic rings. The lowest BCUT2D eigenvalue weighted by molar-refractivity contribution is 0.342. The predicted octanol–water partition coefficient (Wildman–Crippen LogP) is 1.62. The van der Waals surface area contributed by atoms with Crippen LogP contribution in [0.2, 0.25) is 0 Å². The van der Waals surface area contributed by atoms with Gasteiger partial charge >= 0.3 is 0 Å². The molecule has 0 unspecified atom stereocenters. The standard InChI is InChI=1S/C8H11NO.C5H6N2O/c1-2-10-8-6-4-3-5-7(8)9;6-4-2-1-3-7-5(4)8/h3-6H,2,9H2,1H3;1-3H,6H2,(H,7,8). The van der Waals surface area contributed by atoms with Crippen molar-refractivity contribution in [3.05, 3.63) is 52.9 Å². The van der Waals surface area contributed by atoms with Crippen molar-refractivity contribution in [1.82, 2.24) is 4.98 Å². The van der Waals surface area contributed by atoms with E-state index in [4.69, 9.17) is 16.2 Å². The van der Waals surface area contributed by atoms with E-state index in [1.807, 2.05) is 31.2 Å². The van der Waals surface area contributed by atoms with Crippen LogP contribution in [0.5, 0.6) is 5.75 Å². The number of aromatic amines is 1. The van der Waals surface area contributed by atoms with Crippen molar-refractivity contribution < 1.29 is 4.74 Å². The molecule has 0 fully saturated rings. The van der Waals surface area contributed by atoms with Gasteiger partial charge in [-0.05, 0) is 31.2 Å². The number of rotatable bonds is 2. The number of nitrogen functional groups attached to an aromatic ring is 2. The maximum Gasteiger partial charge on any atom is 0.271 e. The van der Waals surface area contributed by atoms with Crippen LogP contribution < -0.4 is 21.8 Å². The Morgan fingerprint density at radius 2 is 1.78 bits per heavy atom. The molecule has 5 N–H and O–H groups in total. The van der Waals surface area contributed by atoms with Gasteiger partial charge in [0.2, 0.25) is 0 Å². The normalized spacial score (nSPS) is 9.17. The quantitative estimate of drug-likeness (QED) is 0.703. The molecule has 0 amide bonds. The Hall–Kier alpha value is -2.43. The lowest BCUT2D eigenvalue weighted by Crippen LogP contribution is -2.08. The second kappa shape index (κ2) is 7.01. The first-order valence-electron chi connectivity index (χ1n) is 5.55. The number of anilines is 2. The molecule has 1 aromatic heterocycles. The fourth-order valence-electron chi connectivity index (χ4n) is 1.20.